The third-order valence-corrected chi connectivity index (χ3v) is 4.80. The van der Waals surface area contributed by atoms with Gasteiger partial charge in [0.1, 0.15) is 0 Å². The van der Waals surface area contributed by atoms with Gasteiger partial charge in [-0.15, -0.1) is 0 Å². The number of carbonyl (C=O) groups excluding carboxylic acids is 1. The van der Waals surface area contributed by atoms with Gasteiger partial charge in [0.2, 0.25) is 5.91 Å². The van der Waals surface area contributed by atoms with Gasteiger partial charge < -0.3 is 10.4 Å². The molecule has 0 aromatic heterocycles. The Balaban J connectivity index is 1.49. The van der Waals surface area contributed by atoms with Gasteiger partial charge in [-0.25, -0.2) is 0 Å². The number of carboxylic acid groups (broad SMARTS) is 1. The van der Waals surface area contributed by atoms with Crippen molar-refractivity contribution in [1.82, 2.24) is 5.32 Å². The Bertz CT molecular complexity index is 360. The molecule has 3 aliphatic carbocycles. The zero-order valence-corrected chi connectivity index (χ0v) is 9.95. The standard InChI is InChI=1S/C13H19NO3/c15-11(8-6-9(8)12(16)17)14-10-7-13(10)4-2-1-3-5-13/h8-10H,1-7H2,(H,14,15)(H,16,17). The minimum absolute atomic E-state index is 0.0233. The molecule has 3 saturated carbocycles. The van der Waals surface area contributed by atoms with Crippen molar-refractivity contribution in [3.05, 3.63) is 0 Å². The molecule has 0 heterocycles. The van der Waals surface area contributed by atoms with E-state index in [1.807, 2.05) is 0 Å². The second-order valence-corrected chi connectivity index (χ2v) is 5.98. The van der Waals surface area contributed by atoms with E-state index in [-0.39, 0.29) is 11.8 Å². The van der Waals surface area contributed by atoms with Crippen molar-refractivity contribution in [3.63, 3.8) is 0 Å². The fourth-order valence-corrected chi connectivity index (χ4v) is 3.40. The lowest BCUT2D eigenvalue weighted by Gasteiger charge is -2.22. The minimum atomic E-state index is -0.826. The van der Waals surface area contributed by atoms with Crippen LogP contribution >= 0.6 is 0 Å². The average Bonchev–Trinajstić information content (AvgIpc) is 3.17. The molecule has 1 amide bonds. The topological polar surface area (TPSA) is 66.4 Å². The summed E-state index contributed by atoms with van der Waals surface area (Å²) in [6.07, 6.45) is 8.02. The van der Waals surface area contributed by atoms with Gasteiger partial charge in [0.15, 0.2) is 0 Å². The summed E-state index contributed by atoms with van der Waals surface area (Å²) in [4.78, 5) is 22.5. The van der Waals surface area contributed by atoms with Crippen LogP contribution in [-0.2, 0) is 9.59 Å². The van der Waals surface area contributed by atoms with Crippen LogP contribution in [0.3, 0.4) is 0 Å². The van der Waals surface area contributed by atoms with E-state index in [4.69, 9.17) is 5.11 Å². The summed E-state index contributed by atoms with van der Waals surface area (Å²) < 4.78 is 0. The first kappa shape index (κ1) is 11.1. The van der Waals surface area contributed by atoms with Gasteiger partial charge in [0.05, 0.1) is 11.8 Å². The smallest absolute Gasteiger partial charge is 0.307 e. The quantitative estimate of drug-likeness (QED) is 0.782. The zero-order valence-electron chi connectivity index (χ0n) is 9.95. The highest BCUT2D eigenvalue weighted by Gasteiger charge is 2.56. The molecule has 3 rings (SSSR count). The normalized spacial score (nSPS) is 37.5. The van der Waals surface area contributed by atoms with Crippen LogP contribution in [0.5, 0.6) is 0 Å². The lowest BCUT2D eigenvalue weighted by atomic mass is 9.86. The second-order valence-electron chi connectivity index (χ2n) is 5.98. The number of hydrogen-bond donors (Lipinski definition) is 2. The zero-order chi connectivity index (χ0) is 12.0. The van der Waals surface area contributed by atoms with Gasteiger partial charge in [-0.3, -0.25) is 9.59 Å². The van der Waals surface area contributed by atoms with E-state index in [0.29, 0.717) is 17.9 Å². The summed E-state index contributed by atoms with van der Waals surface area (Å²) in [5.41, 5.74) is 0.390. The first-order valence-electron chi connectivity index (χ1n) is 6.66. The predicted molar refractivity (Wildman–Crippen MR) is 61.3 cm³/mol. The molecule has 0 radical (unpaired) electrons. The van der Waals surface area contributed by atoms with Crippen LogP contribution in [0.4, 0.5) is 0 Å². The first-order chi connectivity index (χ1) is 8.12. The fraction of sp³-hybridized carbons (Fsp3) is 0.846. The molecule has 2 N–H and O–H groups in total. The molecule has 3 fully saturated rings. The molecule has 0 bridgehead atoms. The van der Waals surface area contributed by atoms with Crippen LogP contribution in [0.2, 0.25) is 0 Å². The van der Waals surface area contributed by atoms with Gasteiger partial charge in [-0.2, -0.15) is 0 Å². The molecule has 4 nitrogen and oxygen atoms in total. The molecule has 0 saturated heterocycles. The van der Waals surface area contributed by atoms with Crippen molar-refractivity contribution in [2.24, 2.45) is 17.3 Å². The number of rotatable bonds is 3. The van der Waals surface area contributed by atoms with Crippen molar-refractivity contribution < 1.29 is 14.7 Å². The van der Waals surface area contributed by atoms with Crippen LogP contribution in [0.15, 0.2) is 0 Å². The number of aliphatic carboxylic acids is 1. The molecular weight excluding hydrogens is 218 g/mol. The third-order valence-electron chi connectivity index (χ3n) is 4.80. The van der Waals surface area contributed by atoms with Crippen LogP contribution < -0.4 is 5.32 Å². The summed E-state index contributed by atoms with van der Waals surface area (Å²) in [6, 6.07) is 0.338. The number of amides is 1. The van der Waals surface area contributed by atoms with Crippen LogP contribution in [0, 0.1) is 17.3 Å². The van der Waals surface area contributed by atoms with E-state index in [1.54, 1.807) is 0 Å². The molecule has 94 valence electrons. The molecule has 0 aromatic carbocycles. The van der Waals surface area contributed by atoms with E-state index in [0.717, 1.165) is 6.42 Å². The predicted octanol–water partition coefficient (Wildman–Crippen LogP) is 1.55. The minimum Gasteiger partial charge on any atom is -0.481 e. The Kier molecular flexibility index (Phi) is 2.42. The highest BCUT2D eigenvalue weighted by atomic mass is 16.4. The van der Waals surface area contributed by atoms with Crippen LogP contribution in [-0.4, -0.2) is 23.0 Å². The molecule has 0 aliphatic heterocycles. The summed E-state index contributed by atoms with van der Waals surface area (Å²) in [5.74, 6) is -1.53. The van der Waals surface area contributed by atoms with Crippen molar-refractivity contribution in [1.29, 1.82) is 0 Å². The lowest BCUT2D eigenvalue weighted by molar-refractivity contribution is -0.140. The Morgan fingerprint density at radius 1 is 1.12 bits per heavy atom. The highest BCUT2D eigenvalue weighted by molar-refractivity contribution is 5.89. The molecule has 4 heteroatoms. The molecule has 17 heavy (non-hydrogen) atoms. The van der Waals surface area contributed by atoms with Crippen LogP contribution in [0.25, 0.3) is 0 Å². The number of carboxylic acids is 1. The maximum absolute atomic E-state index is 11.8. The third kappa shape index (κ3) is 1.94. The largest absolute Gasteiger partial charge is 0.481 e. The fourth-order valence-electron chi connectivity index (χ4n) is 3.40. The van der Waals surface area contributed by atoms with Crippen molar-refractivity contribution in [3.8, 4) is 0 Å². The molecule has 0 aromatic rings. The van der Waals surface area contributed by atoms with Gasteiger partial charge in [0, 0.05) is 6.04 Å². The van der Waals surface area contributed by atoms with Gasteiger partial charge >= 0.3 is 5.97 Å². The van der Waals surface area contributed by atoms with E-state index < -0.39 is 11.9 Å². The molecule has 1 spiro atoms. The number of hydrogen-bond acceptors (Lipinski definition) is 2. The Morgan fingerprint density at radius 2 is 1.82 bits per heavy atom. The van der Waals surface area contributed by atoms with E-state index in [2.05, 4.69) is 5.32 Å². The van der Waals surface area contributed by atoms with Crippen molar-refractivity contribution >= 4 is 11.9 Å². The second kappa shape index (κ2) is 3.72. The van der Waals surface area contributed by atoms with Crippen molar-refractivity contribution in [2.45, 2.75) is 51.0 Å². The summed E-state index contributed by atoms with van der Waals surface area (Å²) in [7, 11) is 0. The number of nitrogens with one attached hydrogen (secondary N) is 1. The highest BCUT2D eigenvalue weighted by Crippen LogP contribution is 2.56. The number of carbonyl (C=O) groups is 2. The summed E-state index contributed by atoms with van der Waals surface area (Å²) in [6.45, 7) is 0. The maximum Gasteiger partial charge on any atom is 0.307 e. The molecular formula is C13H19NO3. The SMILES string of the molecule is O=C(O)C1CC1C(=O)NC1CC12CCCCC2. The maximum atomic E-state index is 11.8. The summed E-state index contributed by atoms with van der Waals surface area (Å²) in [5, 5.41) is 11.8. The van der Waals surface area contributed by atoms with E-state index >= 15 is 0 Å². The van der Waals surface area contributed by atoms with Crippen molar-refractivity contribution in [2.75, 3.05) is 0 Å². The molecule has 3 aliphatic rings. The lowest BCUT2D eigenvalue weighted by Crippen LogP contribution is -2.32. The first-order valence-corrected chi connectivity index (χ1v) is 6.66. The van der Waals surface area contributed by atoms with Crippen LogP contribution in [0.1, 0.15) is 44.9 Å². The van der Waals surface area contributed by atoms with Gasteiger partial charge in [-0.1, -0.05) is 19.3 Å². The Morgan fingerprint density at radius 3 is 2.41 bits per heavy atom. The Hall–Kier alpha value is -1.06. The van der Waals surface area contributed by atoms with Gasteiger partial charge in [-0.05, 0) is 31.1 Å². The van der Waals surface area contributed by atoms with Gasteiger partial charge in [0.25, 0.3) is 0 Å². The summed E-state index contributed by atoms with van der Waals surface area (Å²) >= 11 is 0. The Labute approximate surface area is 101 Å². The molecule has 3 unspecified atom stereocenters. The van der Waals surface area contributed by atoms with E-state index in [9.17, 15) is 9.59 Å². The monoisotopic (exact) mass is 237 g/mol. The average molecular weight is 237 g/mol. The molecule has 3 atom stereocenters. The van der Waals surface area contributed by atoms with E-state index in [1.165, 1.54) is 32.1 Å².